The molecule has 2 heterocycles. The van der Waals surface area contributed by atoms with Crippen molar-refractivity contribution in [2.24, 2.45) is 11.7 Å². The van der Waals surface area contributed by atoms with Crippen LogP contribution < -0.4 is 15.2 Å². The molecule has 0 unspecified atom stereocenters. The predicted octanol–water partition coefficient (Wildman–Crippen LogP) is 2.12. The third-order valence-corrected chi connectivity index (χ3v) is 6.20. The Hall–Kier alpha value is -2.68. The molecule has 0 bridgehead atoms. The molecule has 0 radical (unpaired) electrons. The molecule has 3 rings (SSSR count). The van der Waals surface area contributed by atoms with Crippen LogP contribution in [0.3, 0.4) is 0 Å². The molecule has 0 saturated carbocycles. The monoisotopic (exact) mass is 416 g/mol. The van der Waals surface area contributed by atoms with E-state index in [-0.39, 0.29) is 23.4 Å². The van der Waals surface area contributed by atoms with Crippen LogP contribution in [0.4, 0.5) is 0 Å². The molecule has 164 valence electrons. The van der Waals surface area contributed by atoms with Gasteiger partial charge < -0.3 is 15.2 Å². The minimum Gasteiger partial charge on any atom is -0.493 e. The fraction of sp³-hybridized carbons (Fsp3) is 0.619. The molecule has 0 aliphatic carbocycles. The molecule has 1 atom stereocenters. The number of tetrazole rings is 1. The second-order valence-electron chi connectivity index (χ2n) is 8.31. The number of amides is 1. The number of hydrogen-bond acceptors (Lipinski definition) is 7. The van der Waals surface area contributed by atoms with Crippen molar-refractivity contribution in [3.8, 4) is 11.5 Å². The first-order valence-electron chi connectivity index (χ1n) is 10.4. The molecule has 9 heteroatoms. The highest BCUT2D eigenvalue weighted by Crippen LogP contribution is 2.41. The Kier molecular flexibility index (Phi) is 6.60. The van der Waals surface area contributed by atoms with E-state index in [1.165, 1.54) is 0 Å². The molecule has 1 aliphatic heterocycles. The van der Waals surface area contributed by atoms with Crippen LogP contribution >= 0.6 is 0 Å². The van der Waals surface area contributed by atoms with E-state index in [9.17, 15) is 4.79 Å². The van der Waals surface area contributed by atoms with Crippen molar-refractivity contribution in [2.45, 2.75) is 51.6 Å². The molecule has 9 nitrogen and oxygen atoms in total. The first kappa shape index (κ1) is 22.0. The number of para-hydroxylation sites is 1. The van der Waals surface area contributed by atoms with Crippen LogP contribution in [0, 0.1) is 5.92 Å². The molecule has 1 aliphatic rings. The maximum Gasteiger partial charge on any atom is 0.220 e. The van der Waals surface area contributed by atoms with E-state index >= 15 is 0 Å². The third-order valence-electron chi connectivity index (χ3n) is 6.20. The van der Waals surface area contributed by atoms with Gasteiger partial charge in [-0.3, -0.25) is 9.69 Å². The summed E-state index contributed by atoms with van der Waals surface area (Å²) < 4.78 is 13.2. The van der Waals surface area contributed by atoms with E-state index in [0.29, 0.717) is 37.4 Å². The highest BCUT2D eigenvalue weighted by atomic mass is 16.5. The van der Waals surface area contributed by atoms with E-state index in [1.807, 2.05) is 22.9 Å². The SMILES string of the molecule is CCC(C)(C)n1nnnc1[C@@H](c1cccc(OC)c1OC)N1CCC(C(N)=O)CC1. The zero-order valence-electron chi connectivity index (χ0n) is 18.5. The second kappa shape index (κ2) is 8.99. The van der Waals surface area contributed by atoms with Crippen LogP contribution in [0.1, 0.15) is 57.5 Å². The number of hydrogen-bond donors (Lipinski definition) is 1. The lowest BCUT2D eigenvalue weighted by Gasteiger charge is -2.38. The average Bonchev–Trinajstić information content (AvgIpc) is 3.24. The van der Waals surface area contributed by atoms with Crippen molar-refractivity contribution in [3.63, 3.8) is 0 Å². The second-order valence-corrected chi connectivity index (χ2v) is 8.31. The van der Waals surface area contributed by atoms with Gasteiger partial charge >= 0.3 is 0 Å². The number of primary amides is 1. The Morgan fingerprint density at radius 2 is 1.97 bits per heavy atom. The summed E-state index contributed by atoms with van der Waals surface area (Å²) in [6, 6.07) is 5.59. The fourth-order valence-corrected chi connectivity index (χ4v) is 4.01. The maximum absolute atomic E-state index is 11.7. The molecule has 1 fully saturated rings. The maximum atomic E-state index is 11.7. The van der Waals surface area contributed by atoms with E-state index in [0.717, 1.165) is 17.8 Å². The summed E-state index contributed by atoms with van der Waals surface area (Å²) >= 11 is 0. The molecule has 1 amide bonds. The number of rotatable bonds is 8. The van der Waals surface area contributed by atoms with E-state index in [2.05, 4.69) is 41.2 Å². The van der Waals surface area contributed by atoms with Crippen LogP contribution in [0.2, 0.25) is 0 Å². The summed E-state index contributed by atoms with van der Waals surface area (Å²) in [5, 5.41) is 12.8. The highest BCUT2D eigenvalue weighted by Gasteiger charge is 2.37. The van der Waals surface area contributed by atoms with Crippen LogP contribution in [-0.4, -0.2) is 58.3 Å². The Labute approximate surface area is 177 Å². The molecule has 1 aromatic carbocycles. The minimum absolute atomic E-state index is 0.0998. The number of benzene rings is 1. The quantitative estimate of drug-likeness (QED) is 0.702. The third kappa shape index (κ3) is 4.12. The summed E-state index contributed by atoms with van der Waals surface area (Å²) in [5.74, 6) is 1.72. The molecule has 30 heavy (non-hydrogen) atoms. The normalized spacial score (nSPS) is 17.0. The molecular weight excluding hydrogens is 384 g/mol. The van der Waals surface area contributed by atoms with Gasteiger partial charge in [-0.2, -0.15) is 0 Å². The number of carbonyl (C=O) groups excluding carboxylic acids is 1. The number of nitrogens with two attached hydrogens (primary N) is 1. The molecular formula is C21H32N6O3. The van der Waals surface area contributed by atoms with Gasteiger partial charge in [0.25, 0.3) is 0 Å². The number of ether oxygens (including phenoxy) is 2. The molecule has 1 saturated heterocycles. The van der Waals surface area contributed by atoms with Gasteiger partial charge in [-0.25, -0.2) is 4.68 Å². The summed E-state index contributed by atoms with van der Waals surface area (Å²) in [6.45, 7) is 7.76. The number of nitrogens with zero attached hydrogens (tertiary/aromatic N) is 5. The topological polar surface area (TPSA) is 108 Å². The molecule has 2 aromatic rings. The summed E-state index contributed by atoms with van der Waals surface area (Å²) in [7, 11) is 3.26. The minimum atomic E-state index is -0.255. The highest BCUT2D eigenvalue weighted by molar-refractivity contribution is 5.76. The van der Waals surface area contributed by atoms with Gasteiger partial charge in [0, 0.05) is 11.5 Å². The van der Waals surface area contributed by atoms with Crippen LogP contribution in [0.15, 0.2) is 18.2 Å². The zero-order valence-corrected chi connectivity index (χ0v) is 18.5. The van der Waals surface area contributed by atoms with Crippen LogP contribution in [-0.2, 0) is 10.3 Å². The van der Waals surface area contributed by atoms with Gasteiger partial charge in [-0.1, -0.05) is 19.1 Å². The first-order valence-corrected chi connectivity index (χ1v) is 10.4. The Bertz CT molecular complexity index is 873. The van der Waals surface area contributed by atoms with Gasteiger partial charge in [0.15, 0.2) is 17.3 Å². The molecule has 2 N–H and O–H groups in total. The summed E-state index contributed by atoms with van der Waals surface area (Å²) in [5.41, 5.74) is 6.22. The average molecular weight is 417 g/mol. The number of likely N-dealkylation sites (tertiary alicyclic amines) is 1. The Morgan fingerprint density at radius 3 is 2.53 bits per heavy atom. The lowest BCUT2D eigenvalue weighted by molar-refractivity contribution is -0.123. The molecule has 1 aromatic heterocycles. The summed E-state index contributed by atoms with van der Waals surface area (Å²) in [6.07, 6.45) is 2.28. The smallest absolute Gasteiger partial charge is 0.220 e. The van der Waals surface area contributed by atoms with Crippen LogP contribution in [0.25, 0.3) is 0 Å². The lowest BCUT2D eigenvalue weighted by atomic mass is 9.92. The van der Waals surface area contributed by atoms with Crippen molar-refractivity contribution in [1.82, 2.24) is 25.1 Å². The van der Waals surface area contributed by atoms with E-state index < -0.39 is 0 Å². The van der Waals surface area contributed by atoms with E-state index in [1.54, 1.807) is 14.2 Å². The van der Waals surface area contributed by atoms with Crippen molar-refractivity contribution in [2.75, 3.05) is 27.3 Å². The fourth-order valence-electron chi connectivity index (χ4n) is 4.01. The zero-order chi connectivity index (χ0) is 21.9. The Morgan fingerprint density at radius 1 is 1.27 bits per heavy atom. The first-order chi connectivity index (χ1) is 14.3. The van der Waals surface area contributed by atoms with Gasteiger partial charge in [-0.05, 0) is 62.7 Å². The van der Waals surface area contributed by atoms with Crippen molar-refractivity contribution in [3.05, 3.63) is 29.6 Å². The van der Waals surface area contributed by atoms with Crippen molar-refractivity contribution >= 4 is 5.91 Å². The summed E-state index contributed by atoms with van der Waals surface area (Å²) in [4.78, 5) is 14.0. The van der Waals surface area contributed by atoms with Gasteiger partial charge in [0.05, 0.1) is 19.8 Å². The largest absolute Gasteiger partial charge is 0.493 e. The van der Waals surface area contributed by atoms with Gasteiger partial charge in [0.1, 0.15) is 6.04 Å². The standard InChI is InChI=1S/C21H32N6O3/c1-6-21(2,3)27-20(23-24-25-27)17(26-12-10-14(11-13-26)19(22)28)15-8-7-9-16(29-4)18(15)30-5/h7-9,14,17H,6,10-13H2,1-5H3,(H2,22,28)/t17-/m1/s1. The van der Waals surface area contributed by atoms with Gasteiger partial charge in [0.2, 0.25) is 5.91 Å². The Balaban J connectivity index is 2.11. The van der Waals surface area contributed by atoms with Crippen molar-refractivity contribution < 1.29 is 14.3 Å². The van der Waals surface area contributed by atoms with Gasteiger partial charge in [-0.15, -0.1) is 5.10 Å². The number of aromatic nitrogens is 4. The van der Waals surface area contributed by atoms with Crippen molar-refractivity contribution in [1.29, 1.82) is 0 Å². The number of piperidine rings is 1. The van der Waals surface area contributed by atoms with E-state index in [4.69, 9.17) is 15.2 Å². The van der Waals surface area contributed by atoms with Crippen LogP contribution in [0.5, 0.6) is 11.5 Å². The number of methoxy groups -OCH3 is 2. The number of carbonyl (C=O) groups is 1. The predicted molar refractivity (Wildman–Crippen MR) is 112 cm³/mol. The molecule has 0 spiro atoms. The lowest BCUT2D eigenvalue weighted by Crippen LogP contribution is -2.42.